The molecular weight excluding hydrogens is 286 g/mol. The van der Waals surface area contributed by atoms with Crippen LogP contribution in [0, 0.1) is 5.92 Å². The molecule has 1 aromatic heterocycles. The summed E-state index contributed by atoms with van der Waals surface area (Å²) in [5, 5.41) is 15.0. The molecule has 0 aliphatic heterocycles. The van der Waals surface area contributed by atoms with Gasteiger partial charge in [-0.1, -0.05) is 11.6 Å². The lowest BCUT2D eigenvalue weighted by molar-refractivity contribution is 0.0937. The van der Waals surface area contributed by atoms with Crippen LogP contribution in [0.4, 0.5) is 0 Å². The summed E-state index contributed by atoms with van der Waals surface area (Å²) < 4.78 is 0. The summed E-state index contributed by atoms with van der Waals surface area (Å²) in [7, 11) is 0. The zero-order chi connectivity index (χ0) is 14.8. The molecule has 21 heavy (non-hydrogen) atoms. The average Bonchev–Trinajstić information content (AvgIpc) is 3.12. The smallest absolute Gasteiger partial charge is 0.261 e. The molecule has 2 unspecified atom stereocenters. The van der Waals surface area contributed by atoms with Crippen LogP contribution in [0.2, 0.25) is 0 Å². The summed E-state index contributed by atoms with van der Waals surface area (Å²) in [5.41, 5.74) is 7.06. The minimum atomic E-state index is -0.0477. The van der Waals surface area contributed by atoms with Gasteiger partial charge in [0.2, 0.25) is 0 Å². The Balaban J connectivity index is 1.70. The number of nitrogens with two attached hydrogens (primary N) is 1. The lowest BCUT2D eigenvalue weighted by Gasteiger charge is -2.19. The van der Waals surface area contributed by atoms with Gasteiger partial charge in [0.15, 0.2) is 0 Å². The van der Waals surface area contributed by atoms with Crippen molar-refractivity contribution in [2.75, 3.05) is 0 Å². The normalized spacial score (nSPS) is 25.6. The van der Waals surface area contributed by atoms with Crippen LogP contribution < -0.4 is 11.1 Å². The number of oxime groups is 1. The fourth-order valence-electron chi connectivity index (χ4n) is 3.40. The minimum Gasteiger partial charge on any atom is -0.409 e. The molecule has 0 radical (unpaired) electrons. The highest BCUT2D eigenvalue weighted by Crippen LogP contribution is 2.31. The van der Waals surface area contributed by atoms with E-state index >= 15 is 0 Å². The van der Waals surface area contributed by atoms with Gasteiger partial charge in [-0.25, -0.2) is 0 Å². The number of carbonyl (C=O) groups is 1. The number of aryl methyl sites for hydroxylation is 2. The van der Waals surface area contributed by atoms with E-state index in [1.54, 1.807) is 11.3 Å². The monoisotopic (exact) mass is 307 g/mol. The third kappa shape index (κ3) is 2.90. The third-order valence-electron chi connectivity index (χ3n) is 4.55. The van der Waals surface area contributed by atoms with E-state index in [4.69, 9.17) is 10.9 Å². The van der Waals surface area contributed by atoms with Gasteiger partial charge in [0.05, 0.1) is 4.88 Å². The summed E-state index contributed by atoms with van der Waals surface area (Å²) in [6.45, 7) is 0. The Hall–Kier alpha value is -1.56. The molecule has 1 fully saturated rings. The molecule has 1 aromatic rings. The van der Waals surface area contributed by atoms with Crippen molar-refractivity contribution in [1.29, 1.82) is 0 Å². The number of nitrogens with one attached hydrogen (secondary N) is 1. The van der Waals surface area contributed by atoms with Crippen molar-refractivity contribution in [3.63, 3.8) is 0 Å². The van der Waals surface area contributed by atoms with E-state index in [0.29, 0.717) is 0 Å². The van der Waals surface area contributed by atoms with Crippen LogP contribution in [0.25, 0.3) is 0 Å². The molecule has 2 atom stereocenters. The fourth-order valence-corrected chi connectivity index (χ4v) is 4.56. The Morgan fingerprint density at radius 2 is 2.14 bits per heavy atom. The summed E-state index contributed by atoms with van der Waals surface area (Å²) in [6, 6.07) is 2.02. The van der Waals surface area contributed by atoms with Gasteiger partial charge in [-0.3, -0.25) is 4.79 Å². The van der Waals surface area contributed by atoms with E-state index in [2.05, 4.69) is 10.5 Å². The molecule has 0 bridgehead atoms. The van der Waals surface area contributed by atoms with Crippen molar-refractivity contribution < 1.29 is 10.0 Å². The summed E-state index contributed by atoms with van der Waals surface area (Å²) in [6.07, 6.45) is 7.38. The van der Waals surface area contributed by atoms with Gasteiger partial charge in [-0.2, -0.15) is 0 Å². The van der Waals surface area contributed by atoms with Crippen LogP contribution in [-0.4, -0.2) is 23.0 Å². The van der Waals surface area contributed by atoms with E-state index in [-0.39, 0.29) is 23.7 Å². The quantitative estimate of drug-likeness (QED) is 0.346. The molecule has 2 aliphatic rings. The standard InChI is InChI=1S/C15H21N3O2S/c16-14(18-20)10-5-3-6-11(10)17-15(19)13-8-9-4-1-2-7-12(9)21-13/h8,10-11,20H,1-7H2,(H2,16,18)(H,17,19). The Bertz CT molecular complexity index is 544. The van der Waals surface area contributed by atoms with Crippen LogP contribution in [0.1, 0.15) is 52.2 Å². The van der Waals surface area contributed by atoms with Gasteiger partial charge in [-0.15, -0.1) is 11.3 Å². The first-order chi connectivity index (χ1) is 10.2. The molecule has 4 N–H and O–H groups in total. The predicted octanol–water partition coefficient (Wildman–Crippen LogP) is 2.27. The molecule has 5 nitrogen and oxygen atoms in total. The maximum absolute atomic E-state index is 12.4. The lowest BCUT2D eigenvalue weighted by atomic mass is 9.99. The molecule has 0 spiro atoms. The molecule has 2 aliphatic carbocycles. The zero-order valence-electron chi connectivity index (χ0n) is 12.0. The van der Waals surface area contributed by atoms with Gasteiger partial charge in [-0.05, 0) is 50.2 Å². The fraction of sp³-hybridized carbons (Fsp3) is 0.600. The topological polar surface area (TPSA) is 87.7 Å². The first-order valence-corrected chi connectivity index (χ1v) is 8.40. The molecule has 3 rings (SSSR count). The van der Waals surface area contributed by atoms with Crippen molar-refractivity contribution in [2.45, 2.75) is 51.0 Å². The summed E-state index contributed by atoms with van der Waals surface area (Å²) in [5.74, 6) is 0.161. The zero-order valence-corrected chi connectivity index (χ0v) is 12.8. The molecule has 0 saturated heterocycles. The van der Waals surface area contributed by atoms with Crippen LogP contribution in [-0.2, 0) is 12.8 Å². The molecular formula is C15H21N3O2S. The molecule has 1 amide bonds. The molecule has 0 aromatic carbocycles. The lowest BCUT2D eigenvalue weighted by Crippen LogP contribution is -2.42. The van der Waals surface area contributed by atoms with E-state index in [1.807, 2.05) is 6.07 Å². The highest BCUT2D eigenvalue weighted by atomic mass is 32.1. The van der Waals surface area contributed by atoms with Gasteiger partial charge in [0.25, 0.3) is 5.91 Å². The van der Waals surface area contributed by atoms with Crippen LogP contribution >= 0.6 is 11.3 Å². The SMILES string of the molecule is NC(=NO)C1CCCC1NC(=O)c1cc2c(s1)CCCC2. The van der Waals surface area contributed by atoms with Crippen molar-refractivity contribution in [1.82, 2.24) is 5.32 Å². The second-order valence-corrected chi connectivity index (χ2v) is 7.05. The first-order valence-electron chi connectivity index (χ1n) is 7.59. The van der Waals surface area contributed by atoms with E-state index < -0.39 is 0 Å². The third-order valence-corrected chi connectivity index (χ3v) is 5.78. The second kappa shape index (κ2) is 6.05. The van der Waals surface area contributed by atoms with Crippen LogP contribution in [0.5, 0.6) is 0 Å². The predicted molar refractivity (Wildman–Crippen MR) is 83.0 cm³/mol. The maximum atomic E-state index is 12.4. The number of hydrogen-bond acceptors (Lipinski definition) is 4. The number of amides is 1. The molecule has 6 heteroatoms. The largest absolute Gasteiger partial charge is 0.409 e. The molecule has 1 heterocycles. The van der Waals surface area contributed by atoms with Crippen molar-refractivity contribution in [3.8, 4) is 0 Å². The number of rotatable bonds is 3. The van der Waals surface area contributed by atoms with Crippen molar-refractivity contribution >= 4 is 23.1 Å². The van der Waals surface area contributed by atoms with Gasteiger partial charge in [0, 0.05) is 16.8 Å². The number of nitrogens with zero attached hydrogens (tertiary/aromatic N) is 1. The second-order valence-electron chi connectivity index (χ2n) is 5.91. The Morgan fingerprint density at radius 3 is 2.90 bits per heavy atom. The Morgan fingerprint density at radius 1 is 1.33 bits per heavy atom. The maximum Gasteiger partial charge on any atom is 0.261 e. The number of thiophene rings is 1. The van der Waals surface area contributed by atoms with Gasteiger partial charge < -0.3 is 16.3 Å². The van der Waals surface area contributed by atoms with Crippen molar-refractivity contribution in [3.05, 3.63) is 21.4 Å². The number of amidine groups is 1. The Kier molecular flexibility index (Phi) is 4.14. The number of fused-ring (bicyclic) bond motifs is 1. The van der Waals surface area contributed by atoms with Crippen LogP contribution in [0.15, 0.2) is 11.2 Å². The molecule has 114 valence electrons. The van der Waals surface area contributed by atoms with Crippen LogP contribution in [0.3, 0.4) is 0 Å². The average molecular weight is 307 g/mol. The van der Waals surface area contributed by atoms with E-state index in [9.17, 15) is 4.79 Å². The number of carbonyl (C=O) groups excluding carboxylic acids is 1. The van der Waals surface area contributed by atoms with Gasteiger partial charge >= 0.3 is 0 Å². The van der Waals surface area contributed by atoms with E-state index in [1.165, 1.54) is 23.3 Å². The van der Waals surface area contributed by atoms with Gasteiger partial charge in [0.1, 0.15) is 5.84 Å². The van der Waals surface area contributed by atoms with E-state index in [0.717, 1.165) is 37.0 Å². The number of hydrogen-bond donors (Lipinski definition) is 3. The first kappa shape index (κ1) is 14.4. The minimum absolute atomic E-state index is 0.0166. The molecule has 1 saturated carbocycles. The summed E-state index contributed by atoms with van der Waals surface area (Å²) in [4.78, 5) is 14.6. The Labute approximate surface area is 128 Å². The highest BCUT2D eigenvalue weighted by Gasteiger charge is 2.32. The summed E-state index contributed by atoms with van der Waals surface area (Å²) >= 11 is 1.62. The van der Waals surface area contributed by atoms with Crippen molar-refractivity contribution in [2.24, 2.45) is 16.8 Å². The highest BCUT2D eigenvalue weighted by molar-refractivity contribution is 7.14.